The lowest BCUT2D eigenvalue weighted by Gasteiger charge is -2.31. The second-order valence-corrected chi connectivity index (χ2v) is 11.3. The molecule has 0 saturated carbocycles. The molecule has 0 aromatic carbocycles. The summed E-state index contributed by atoms with van der Waals surface area (Å²) in [6, 6.07) is -1.46. The first kappa shape index (κ1) is 18.1. The second kappa shape index (κ2) is 8.29. The van der Waals surface area contributed by atoms with Crippen LogP contribution in [0.15, 0.2) is 0 Å². The monoisotopic (exact) mass is 293 g/mol. The predicted octanol–water partition coefficient (Wildman–Crippen LogP) is 3.14. The van der Waals surface area contributed by atoms with Crippen LogP contribution < -0.4 is 0 Å². The average molecular weight is 293 g/mol. The van der Waals surface area contributed by atoms with E-state index in [0.717, 1.165) is 25.2 Å². The molecule has 0 aliphatic heterocycles. The van der Waals surface area contributed by atoms with Gasteiger partial charge < -0.3 is 5.11 Å². The molecule has 5 heteroatoms. The lowest BCUT2D eigenvalue weighted by atomic mass is 10.3. The highest BCUT2D eigenvalue weighted by Gasteiger charge is 2.23. The molecule has 0 aliphatic rings. The number of aliphatic carboxylic acids is 1. The third-order valence-corrected chi connectivity index (χ3v) is 7.61. The Kier molecular flexibility index (Phi) is 8.33. The van der Waals surface area contributed by atoms with Gasteiger partial charge in [-0.2, -0.15) is 0 Å². The van der Waals surface area contributed by atoms with Crippen molar-refractivity contribution in [3.63, 3.8) is 0 Å². The summed E-state index contributed by atoms with van der Waals surface area (Å²) >= 11 is 5.93. The van der Waals surface area contributed by atoms with Crippen molar-refractivity contribution < 1.29 is 9.90 Å². The van der Waals surface area contributed by atoms with Gasteiger partial charge in [-0.15, -0.1) is 0 Å². The maximum Gasteiger partial charge on any atom is 0.317 e. The van der Waals surface area contributed by atoms with Gasteiger partial charge in [0.05, 0.1) is 6.54 Å². The van der Waals surface area contributed by atoms with Crippen LogP contribution in [-0.2, 0) is 16.6 Å². The largest absolute Gasteiger partial charge is 0.480 e. The molecule has 0 heterocycles. The topological polar surface area (TPSA) is 40.5 Å². The quantitative estimate of drug-likeness (QED) is 0.663. The number of hydrogen-bond donors (Lipinski definition) is 1. The summed E-state index contributed by atoms with van der Waals surface area (Å²) < 4.78 is 0. The molecule has 0 amide bonds. The van der Waals surface area contributed by atoms with Crippen molar-refractivity contribution in [1.29, 1.82) is 0 Å². The molecule has 108 valence electrons. The van der Waals surface area contributed by atoms with Crippen LogP contribution in [0.2, 0.25) is 0 Å². The average Bonchev–Trinajstić information content (AvgIpc) is 2.12. The van der Waals surface area contributed by atoms with Gasteiger partial charge in [0.1, 0.15) is 0 Å². The summed E-state index contributed by atoms with van der Waals surface area (Å²) in [5.41, 5.74) is 0. The molecule has 0 spiro atoms. The molecule has 18 heavy (non-hydrogen) atoms. The van der Waals surface area contributed by atoms with E-state index in [9.17, 15) is 4.79 Å². The van der Waals surface area contributed by atoms with Crippen LogP contribution in [0, 0.1) is 11.8 Å². The van der Waals surface area contributed by atoms with Crippen LogP contribution in [0.25, 0.3) is 0 Å². The van der Waals surface area contributed by atoms with Crippen LogP contribution in [-0.4, -0.2) is 47.7 Å². The molecule has 0 aromatic rings. The zero-order valence-corrected chi connectivity index (χ0v) is 14.1. The molecule has 0 aromatic heterocycles. The van der Waals surface area contributed by atoms with E-state index in [0.29, 0.717) is 11.8 Å². The first-order valence-corrected chi connectivity index (χ1v) is 10.1. The van der Waals surface area contributed by atoms with E-state index < -0.39 is 12.0 Å². The summed E-state index contributed by atoms with van der Waals surface area (Å²) in [5.74, 6) is 0.434. The van der Waals surface area contributed by atoms with Gasteiger partial charge in [0, 0.05) is 6.29 Å². The van der Waals surface area contributed by atoms with Crippen LogP contribution in [0.5, 0.6) is 0 Å². The lowest BCUT2D eigenvalue weighted by Crippen LogP contribution is -2.32. The molecule has 0 bridgehead atoms. The Morgan fingerprint density at radius 3 is 1.94 bits per heavy atom. The van der Waals surface area contributed by atoms with Crippen molar-refractivity contribution in [3.8, 4) is 0 Å². The predicted molar refractivity (Wildman–Crippen MR) is 83.4 cm³/mol. The maximum absolute atomic E-state index is 10.8. The Morgan fingerprint density at radius 2 is 1.67 bits per heavy atom. The fourth-order valence-electron chi connectivity index (χ4n) is 2.34. The van der Waals surface area contributed by atoms with Gasteiger partial charge in [0.25, 0.3) is 0 Å². The van der Waals surface area contributed by atoms with E-state index in [1.165, 1.54) is 0 Å². The maximum atomic E-state index is 10.8. The minimum atomic E-state index is -1.46. The molecule has 0 rings (SSSR count). The molecule has 1 N–H and O–H groups in total. The summed E-state index contributed by atoms with van der Waals surface area (Å²) in [6.45, 7) is 11.7. The number of rotatable bonds is 9. The van der Waals surface area contributed by atoms with Crippen molar-refractivity contribution >= 4 is 23.8 Å². The SMILES string of the molecule is CCN(CC(=O)O)CP(=S)(CC(C)C)CC(C)C. The minimum Gasteiger partial charge on any atom is -0.480 e. The zero-order chi connectivity index (χ0) is 14.3. The first-order valence-electron chi connectivity index (χ1n) is 6.69. The molecule has 0 radical (unpaired) electrons. The van der Waals surface area contributed by atoms with E-state index in [1.807, 2.05) is 11.8 Å². The third kappa shape index (κ3) is 8.23. The highest BCUT2D eigenvalue weighted by molar-refractivity contribution is 8.14. The van der Waals surface area contributed by atoms with E-state index in [-0.39, 0.29) is 6.54 Å². The summed E-state index contributed by atoms with van der Waals surface area (Å²) in [6.07, 6.45) is 2.97. The number of carboxylic acid groups (broad SMARTS) is 1. The Hall–Kier alpha value is 0.0800. The molecule has 0 aliphatic carbocycles. The van der Waals surface area contributed by atoms with Crippen LogP contribution in [0.4, 0.5) is 0 Å². The Bertz CT molecular complexity index is 291. The second-order valence-electron chi connectivity index (χ2n) is 5.89. The number of carboxylic acids is 1. The van der Waals surface area contributed by atoms with Crippen molar-refractivity contribution in [3.05, 3.63) is 0 Å². The fraction of sp³-hybridized carbons (Fsp3) is 0.923. The molecular formula is C13H28NO2PS. The summed E-state index contributed by atoms with van der Waals surface area (Å²) in [7, 11) is 0. The molecule has 0 atom stereocenters. The van der Waals surface area contributed by atoms with E-state index in [2.05, 4.69) is 27.7 Å². The van der Waals surface area contributed by atoms with Gasteiger partial charge in [-0.1, -0.05) is 46.4 Å². The van der Waals surface area contributed by atoms with Gasteiger partial charge >= 0.3 is 5.97 Å². The molecule has 0 fully saturated rings. The minimum absolute atomic E-state index is 0.116. The molecule has 0 unspecified atom stereocenters. The molecule has 0 saturated heterocycles. The highest BCUT2D eigenvalue weighted by Crippen LogP contribution is 2.49. The smallest absolute Gasteiger partial charge is 0.317 e. The van der Waals surface area contributed by atoms with E-state index in [1.54, 1.807) is 0 Å². The number of hydrogen-bond acceptors (Lipinski definition) is 3. The Balaban J connectivity index is 4.74. The van der Waals surface area contributed by atoms with E-state index >= 15 is 0 Å². The zero-order valence-electron chi connectivity index (χ0n) is 12.3. The first-order chi connectivity index (χ1) is 8.18. The van der Waals surface area contributed by atoms with Crippen LogP contribution in [0.1, 0.15) is 34.6 Å². The number of likely N-dealkylation sites (N-methyl/N-ethyl adjacent to an activating group) is 1. The van der Waals surface area contributed by atoms with Crippen LogP contribution >= 0.6 is 6.04 Å². The molecular weight excluding hydrogens is 265 g/mol. The van der Waals surface area contributed by atoms with Crippen molar-refractivity contribution in [1.82, 2.24) is 4.90 Å². The van der Waals surface area contributed by atoms with Gasteiger partial charge in [-0.05, 0) is 36.7 Å². The van der Waals surface area contributed by atoms with Crippen molar-refractivity contribution in [2.75, 3.05) is 31.7 Å². The molecule has 3 nitrogen and oxygen atoms in total. The lowest BCUT2D eigenvalue weighted by molar-refractivity contribution is -0.138. The highest BCUT2D eigenvalue weighted by atomic mass is 32.4. The fourth-order valence-corrected chi connectivity index (χ4v) is 8.69. The summed E-state index contributed by atoms with van der Waals surface area (Å²) in [4.78, 5) is 12.8. The number of carbonyl (C=O) groups is 1. The Morgan fingerprint density at radius 1 is 1.22 bits per heavy atom. The van der Waals surface area contributed by atoms with Crippen molar-refractivity contribution in [2.45, 2.75) is 34.6 Å². The van der Waals surface area contributed by atoms with Gasteiger partial charge in [-0.25, -0.2) is 0 Å². The number of nitrogens with zero attached hydrogens (tertiary/aromatic N) is 1. The van der Waals surface area contributed by atoms with Gasteiger partial charge in [-0.3, -0.25) is 9.69 Å². The van der Waals surface area contributed by atoms with E-state index in [4.69, 9.17) is 16.9 Å². The summed E-state index contributed by atoms with van der Waals surface area (Å²) in [5, 5.41) is 8.91. The Labute approximate surface area is 117 Å². The van der Waals surface area contributed by atoms with Crippen molar-refractivity contribution in [2.24, 2.45) is 11.8 Å². The van der Waals surface area contributed by atoms with Gasteiger partial charge in [0.2, 0.25) is 0 Å². The third-order valence-electron chi connectivity index (χ3n) is 2.66. The standard InChI is InChI=1S/C13H28NO2PS/c1-6-14(7-13(15)16)10-17(18,8-11(2)3)9-12(4)5/h11-12H,6-10H2,1-5H3,(H,15,16). The van der Waals surface area contributed by atoms with Crippen LogP contribution in [0.3, 0.4) is 0 Å². The normalized spacial score (nSPS) is 12.7. The van der Waals surface area contributed by atoms with Gasteiger partial charge in [0.15, 0.2) is 0 Å².